The molecule has 5 rings (SSSR count). The van der Waals surface area contributed by atoms with E-state index in [0.29, 0.717) is 0 Å². The van der Waals surface area contributed by atoms with Crippen molar-refractivity contribution in [2.75, 3.05) is 24.5 Å². The van der Waals surface area contributed by atoms with Gasteiger partial charge in [-0.15, -0.1) is 11.3 Å². The quantitative estimate of drug-likeness (QED) is 0.639. The molecular weight excluding hydrogens is 394 g/mol. The van der Waals surface area contributed by atoms with Gasteiger partial charge in [-0.1, -0.05) is 12.1 Å². The van der Waals surface area contributed by atoms with Crippen molar-refractivity contribution in [1.29, 1.82) is 0 Å². The third kappa shape index (κ3) is 4.24. The minimum absolute atomic E-state index is 0.242. The second-order valence-electron chi connectivity index (χ2n) is 8.29. The Bertz CT molecular complexity index is 981. The highest BCUT2D eigenvalue weighted by molar-refractivity contribution is 7.13. The van der Waals surface area contributed by atoms with E-state index < -0.39 is 0 Å². The summed E-state index contributed by atoms with van der Waals surface area (Å²) in [6.45, 7) is 8.83. The number of thiophene rings is 1. The van der Waals surface area contributed by atoms with Gasteiger partial charge in [0.05, 0.1) is 22.8 Å². The molecule has 0 spiro atoms. The van der Waals surface area contributed by atoms with Crippen molar-refractivity contribution in [3.8, 4) is 10.7 Å². The first-order chi connectivity index (χ1) is 14.6. The number of anilines is 1. The Morgan fingerprint density at radius 2 is 1.97 bits per heavy atom. The van der Waals surface area contributed by atoms with Crippen molar-refractivity contribution >= 4 is 17.2 Å². The molecule has 0 saturated carbocycles. The number of hydrogen-bond acceptors (Lipinski definition) is 7. The summed E-state index contributed by atoms with van der Waals surface area (Å²) in [5.74, 6) is 1.89. The largest absolute Gasteiger partial charge is 0.372 e. The molecule has 30 heavy (non-hydrogen) atoms. The van der Waals surface area contributed by atoms with Crippen LogP contribution in [0.2, 0.25) is 0 Å². The topological polar surface area (TPSA) is 54.4 Å². The summed E-state index contributed by atoms with van der Waals surface area (Å²) in [5.41, 5.74) is 3.67. The van der Waals surface area contributed by atoms with Gasteiger partial charge in [0.25, 0.3) is 0 Å². The van der Waals surface area contributed by atoms with Gasteiger partial charge in [0, 0.05) is 57.1 Å². The molecule has 7 heteroatoms. The molecule has 2 unspecified atom stereocenters. The third-order valence-electron chi connectivity index (χ3n) is 5.71. The number of pyridine rings is 1. The molecule has 5 heterocycles. The summed E-state index contributed by atoms with van der Waals surface area (Å²) in [4.78, 5) is 20.1. The Hall–Kier alpha value is -2.35. The SMILES string of the molecule is CC1CN(c2ccc(CN3CCc4nc(-c5cccs5)ncc4C3)cn2)CC(C)O1. The lowest BCUT2D eigenvalue weighted by Gasteiger charge is -2.36. The maximum absolute atomic E-state index is 5.83. The lowest BCUT2D eigenvalue weighted by Crippen LogP contribution is -2.45. The second kappa shape index (κ2) is 8.41. The smallest absolute Gasteiger partial charge is 0.169 e. The van der Waals surface area contributed by atoms with E-state index in [4.69, 9.17) is 14.7 Å². The van der Waals surface area contributed by atoms with Gasteiger partial charge in [-0.25, -0.2) is 15.0 Å². The number of morpholine rings is 1. The molecule has 2 aliphatic heterocycles. The number of hydrogen-bond donors (Lipinski definition) is 0. The predicted molar refractivity (Wildman–Crippen MR) is 120 cm³/mol. The molecular formula is C23H27N5OS. The number of fused-ring (bicyclic) bond motifs is 1. The Kier molecular flexibility index (Phi) is 5.50. The molecule has 3 aromatic heterocycles. The van der Waals surface area contributed by atoms with E-state index in [-0.39, 0.29) is 12.2 Å². The molecule has 0 aliphatic carbocycles. The monoisotopic (exact) mass is 421 g/mol. The molecule has 3 aromatic rings. The van der Waals surface area contributed by atoms with E-state index in [1.54, 1.807) is 11.3 Å². The fraction of sp³-hybridized carbons (Fsp3) is 0.435. The summed E-state index contributed by atoms with van der Waals surface area (Å²) in [6, 6.07) is 8.48. The third-order valence-corrected chi connectivity index (χ3v) is 6.58. The first-order valence-electron chi connectivity index (χ1n) is 10.6. The maximum Gasteiger partial charge on any atom is 0.169 e. The van der Waals surface area contributed by atoms with Crippen LogP contribution in [0.5, 0.6) is 0 Å². The molecule has 0 bridgehead atoms. The van der Waals surface area contributed by atoms with Crippen molar-refractivity contribution in [2.45, 2.75) is 45.6 Å². The number of rotatable bonds is 4. The number of ether oxygens (including phenoxy) is 1. The van der Waals surface area contributed by atoms with Crippen LogP contribution in [0.4, 0.5) is 5.82 Å². The van der Waals surface area contributed by atoms with Crippen LogP contribution in [-0.2, 0) is 24.2 Å². The van der Waals surface area contributed by atoms with E-state index >= 15 is 0 Å². The van der Waals surface area contributed by atoms with E-state index in [0.717, 1.165) is 55.7 Å². The van der Waals surface area contributed by atoms with Crippen molar-refractivity contribution in [3.05, 3.63) is 58.9 Å². The molecule has 1 fully saturated rings. The van der Waals surface area contributed by atoms with Gasteiger partial charge in [0.2, 0.25) is 0 Å². The lowest BCUT2D eigenvalue weighted by molar-refractivity contribution is -0.00546. The van der Waals surface area contributed by atoms with Crippen LogP contribution in [0.25, 0.3) is 10.7 Å². The normalized spacial score (nSPS) is 22.1. The fourth-order valence-corrected chi connectivity index (χ4v) is 5.02. The van der Waals surface area contributed by atoms with Gasteiger partial charge < -0.3 is 9.64 Å². The predicted octanol–water partition coefficient (Wildman–Crippen LogP) is 3.77. The van der Waals surface area contributed by atoms with Crippen LogP contribution in [0.15, 0.2) is 42.0 Å². The molecule has 0 amide bonds. The van der Waals surface area contributed by atoms with Crippen LogP contribution in [-0.4, -0.2) is 51.7 Å². The number of aromatic nitrogens is 3. The van der Waals surface area contributed by atoms with E-state index in [1.165, 1.54) is 16.8 Å². The highest BCUT2D eigenvalue weighted by atomic mass is 32.1. The van der Waals surface area contributed by atoms with Gasteiger partial charge >= 0.3 is 0 Å². The van der Waals surface area contributed by atoms with Crippen molar-refractivity contribution in [2.24, 2.45) is 0 Å². The summed E-state index contributed by atoms with van der Waals surface area (Å²) < 4.78 is 5.83. The van der Waals surface area contributed by atoms with E-state index in [1.807, 2.05) is 18.5 Å². The molecule has 2 atom stereocenters. The van der Waals surface area contributed by atoms with Gasteiger partial charge in [0.1, 0.15) is 5.82 Å². The van der Waals surface area contributed by atoms with Crippen LogP contribution < -0.4 is 4.90 Å². The Morgan fingerprint density at radius 3 is 2.70 bits per heavy atom. The average Bonchev–Trinajstić information content (AvgIpc) is 3.28. The Morgan fingerprint density at radius 1 is 1.10 bits per heavy atom. The van der Waals surface area contributed by atoms with E-state index in [2.05, 4.69) is 52.2 Å². The van der Waals surface area contributed by atoms with Gasteiger partial charge in [-0.05, 0) is 36.9 Å². The average molecular weight is 422 g/mol. The minimum atomic E-state index is 0.242. The molecule has 2 aliphatic rings. The van der Waals surface area contributed by atoms with Crippen LogP contribution in [0, 0.1) is 0 Å². The Balaban J connectivity index is 1.23. The standard InChI is InChI=1S/C23H27N5OS/c1-16-12-28(13-17(2)29-16)22-6-5-18(10-24-22)14-27-8-7-20-19(15-27)11-25-23(26-20)21-4-3-9-30-21/h3-6,9-11,16-17H,7-8,12-15H2,1-2H3. The molecule has 0 N–H and O–H groups in total. The van der Waals surface area contributed by atoms with Crippen LogP contribution >= 0.6 is 11.3 Å². The van der Waals surface area contributed by atoms with Crippen molar-refractivity contribution < 1.29 is 4.74 Å². The first-order valence-corrected chi connectivity index (χ1v) is 11.5. The zero-order valence-corrected chi connectivity index (χ0v) is 18.3. The molecule has 156 valence electrons. The fourth-order valence-electron chi connectivity index (χ4n) is 4.35. The molecule has 6 nitrogen and oxygen atoms in total. The minimum Gasteiger partial charge on any atom is -0.372 e. The van der Waals surface area contributed by atoms with Crippen molar-refractivity contribution in [1.82, 2.24) is 19.9 Å². The molecule has 0 aromatic carbocycles. The first kappa shape index (κ1) is 19.6. The van der Waals surface area contributed by atoms with Gasteiger partial charge in [-0.2, -0.15) is 0 Å². The zero-order chi connectivity index (χ0) is 20.5. The second-order valence-corrected chi connectivity index (χ2v) is 9.24. The van der Waals surface area contributed by atoms with Gasteiger partial charge in [0.15, 0.2) is 5.82 Å². The summed E-state index contributed by atoms with van der Waals surface area (Å²) in [6.07, 6.45) is 5.47. The van der Waals surface area contributed by atoms with Crippen LogP contribution in [0.3, 0.4) is 0 Å². The van der Waals surface area contributed by atoms with Crippen molar-refractivity contribution in [3.63, 3.8) is 0 Å². The lowest BCUT2D eigenvalue weighted by atomic mass is 10.1. The number of nitrogens with zero attached hydrogens (tertiary/aromatic N) is 5. The summed E-state index contributed by atoms with van der Waals surface area (Å²) in [7, 11) is 0. The van der Waals surface area contributed by atoms with Gasteiger partial charge in [-0.3, -0.25) is 4.90 Å². The zero-order valence-electron chi connectivity index (χ0n) is 17.5. The highest BCUT2D eigenvalue weighted by Gasteiger charge is 2.23. The van der Waals surface area contributed by atoms with Crippen LogP contribution in [0.1, 0.15) is 30.7 Å². The summed E-state index contributed by atoms with van der Waals surface area (Å²) >= 11 is 1.69. The maximum atomic E-state index is 5.83. The van der Waals surface area contributed by atoms with E-state index in [9.17, 15) is 0 Å². The Labute approximate surface area is 181 Å². The highest BCUT2D eigenvalue weighted by Crippen LogP contribution is 2.25. The molecule has 1 saturated heterocycles. The summed E-state index contributed by atoms with van der Waals surface area (Å²) in [5, 5.41) is 2.07. The molecule has 0 radical (unpaired) electrons.